The summed E-state index contributed by atoms with van der Waals surface area (Å²) in [4.78, 5) is 28.2. The number of benzene rings is 3. The second-order valence-corrected chi connectivity index (χ2v) is 10.5. The van der Waals surface area contributed by atoms with Crippen molar-refractivity contribution < 1.29 is 9.59 Å². The molecule has 3 amide bonds. The Balaban J connectivity index is 1.66. The van der Waals surface area contributed by atoms with E-state index in [4.69, 9.17) is 28.3 Å². The van der Waals surface area contributed by atoms with Gasteiger partial charge in [0.05, 0.1) is 27.1 Å². The molecule has 7 nitrogen and oxygen atoms in total. The van der Waals surface area contributed by atoms with E-state index in [0.29, 0.717) is 28.1 Å². The number of carbonyl (C=O) groups is 2. The van der Waals surface area contributed by atoms with E-state index < -0.39 is 6.03 Å². The molecule has 202 valence electrons. The van der Waals surface area contributed by atoms with E-state index in [2.05, 4.69) is 10.6 Å². The number of para-hydroxylation sites is 2. The van der Waals surface area contributed by atoms with Crippen molar-refractivity contribution in [3.05, 3.63) is 94.1 Å². The topological polar surface area (TPSA) is 79.3 Å². The first-order chi connectivity index (χ1) is 18.7. The lowest BCUT2D eigenvalue weighted by atomic mass is 10.1. The minimum atomic E-state index is -0.472. The number of aromatic nitrogens is 2. The van der Waals surface area contributed by atoms with Gasteiger partial charge < -0.3 is 15.5 Å². The van der Waals surface area contributed by atoms with Crippen LogP contribution >= 0.6 is 23.2 Å². The van der Waals surface area contributed by atoms with Gasteiger partial charge in [-0.15, -0.1) is 0 Å². The van der Waals surface area contributed by atoms with Crippen LogP contribution in [0.3, 0.4) is 0 Å². The van der Waals surface area contributed by atoms with E-state index in [0.717, 1.165) is 28.1 Å². The molecule has 39 heavy (non-hydrogen) atoms. The van der Waals surface area contributed by atoms with Crippen molar-refractivity contribution in [2.45, 2.75) is 27.7 Å². The summed E-state index contributed by atoms with van der Waals surface area (Å²) in [5, 5.41) is 11.2. The fourth-order valence-electron chi connectivity index (χ4n) is 4.38. The first-order valence-electron chi connectivity index (χ1n) is 12.7. The zero-order valence-electron chi connectivity index (χ0n) is 22.3. The fraction of sp³-hybridized carbons (Fsp3) is 0.233. The fourth-order valence-corrected chi connectivity index (χ4v) is 4.87. The number of urea groups is 1. The summed E-state index contributed by atoms with van der Waals surface area (Å²) in [6, 6.07) is 22.1. The van der Waals surface area contributed by atoms with Gasteiger partial charge >= 0.3 is 6.03 Å². The summed E-state index contributed by atoms with van der Waals surface area (Å²) in [6.07, 6.45) is 0. The molecule has 1 heterocycles. The van der Waals surface area contributed by atoms with E-state index in [1.54, 1.807) is 22.9 Å². The molecule has 1 aromatic heterocycles. The number of rotatable bonds is 8. The van der Waals surface area contributed by atoms with Gasteiger partial charge in [-0.25, -0.2) is 9.48 Å². The number of aryl methyl sites for hydroxylation is 2. The minimum Gasteiger partial charge on any atom is -0.315 e. The highest BCUT2D eigenvalue weighted by Crippen LogP contribution is 2.34. The predicted molar refractivity (Wildman–Crippen MR) is 159 cm³/mol. The second kappa shape index (κ2) is 12.4. The summed E-state index contributed by atoms with van der Waals surface area (Å²) < 4.78 is 1.75. The minimum absolute atomic E-state index is 0.116. The Hall–Kier alpha value is -3.81. The number of nitrogens with one attached hydrogen (secondary N) is 2. The maximum absolute atomic E-state index is 13.5. The Labute approximate surface area is 238 Å². The molecule has 0 saturated heterocycles. The van der Waals surface area contributed by atoms with Gasteiger partial charge in [-0.1, -0.05) is 91.6 Å². The van der Waals surface area contributed by atoms with Crippen LogP contribution in [0.25, 0.3) is 16.8 Å². The molecule has 0 aliphatic heterocycles. The van der Waals surface area contributed by atoms with Crippen LogP contribution in [0.2, 0.25) is 10.0 Å². The Morgan fingerprint density at radius 3 is 2.18 bits per heavy atom. The first-order valence-corrected chi connectivity index (χ1v) is 13.4. The van der Waals surface area contributed by atoms with E-state index in [9.17, 15) is 9.59 Å². The van der Waals surface area contributed by atoms with Crippen molar-refractivity contribution in [1.29, 1.82) is 0 Å². The van der Waals surface area contributed by atoms with Gasteiger partial charge in [-0.2, -0.15) is 5.10 Å². The van der Waals surface area contributed by atoms with Crippen LogP contribution in [-0.4, -0.2) is 39.7 Å². The van der Waals surface area contributed by atoms with E-state index in [1.807, 2.05) is 82.3 Å². The number of amides is 3. The molecule has 0 radical (unpaired) electrons. The molecule has 0 spiro atoms. The SMILES string of the molecule is Cc1ccccc1-n1nc(C)c(-c2ccccc2)c1NC(=O)CN(CC(C)C)C(=O)Nc1c(Cl)cccc1Cl. The number of hydrogen-bond donors (Lipinski definition) is 2. The first kappa shape index (κ1) is 28.2. The lowest BCUT2D eigenvalue weighted by Crippen LogP contribution is -2.42. The highest BCUT2D eigenvalue weighted by atomic mass is 35.5. The van der Waals surface area contributed by atoms with Gasteiger partial charge in [0.25, 0.3) is 0 Å². The smallest absolute Gasteiger partial charge is 0.315 e. The molecule has 3 aromatic carbocycles. The third-order valence-corrected chi connectivity index (χ3v) is 6.76. The molecule has 9 heteroatoms. The molecule has 0 fully saturated rings. The zero-order chi connectivity index (χ0) is 28.1. The molecule has 0 aliphatic carbocycles. The third-order valence-electron chi connectivity index (χ3n) is 6.13. The summed E-state index contributed by atoms with van der Waals surface area (Å²) >= 11 is 12.5. The van der Waals surface area contributed by atoms with Crippen molar-refractivity contribution in [1.82, 2.24) is 14.7 Å². The van der Waals surface area contributed by atoms with Gasteiger partial charge in [0.2, 0.25) is 5.91 Å². The summed E-state index contributed by atoms with van der Waals surface area (Å²) in [6.45, 7) is 8.03. The highest BCUT2D eigenvalue weighted by Gasteiger charge is 2.24. The van der Waals surface area contributed by atoms with Crippen LogP contribution in [0.1, 0.15) is 25.1 Å². The van der Waals surface area contributed by atoms with Gasteiger partial charge in [0.1, 0.15) is 12.4 Å². The second-order valence-electron chi connectivity index (χ2n) is 9.72. The zero-order valence-corrected chi connectivity index (χ0v) is 23.8. The normalized spacial score (nSPS) is 10.9. The van der Waals surface area contributed by atoms with Crippen molar-refractivity contribution in [3.8, 4) is 16.8 Å². The van der Waals surface area contributed by atoms with Crippen LogP contribution in [-0.2, 0) is 4.79 Å². The monoisotopic (exact) mass is 563 g/mol. The van der Waals surface area contributed by atoms with Crippen LogP contribution in [0.15, 0.2) is 72.8 Å². The van der Waals surface area contributed by atoms with Gasteiger partial charge in [0, 0.05) is 12.1 Å². The Morgan fingerprint density at radius 2 is 1.54 bits per heavy atom. The average Bonchev–Trinajstić information content (AvgIpc) is 3.21. The molecule has 0 atom stereocenters. The lowest BCUT2D eigenvalue weighted by molar-refractivity contribution is -0.116. The lowest BCUT2D eigenvalue weighted by Gasteiger charge is -2.25. The van der Waals surface area contributed by atoms with E-state index in [-0.39, 0.29) is 18.4 Å². The molecular formula is C30H31Cl2N5O2. The van der Waals surface area contributed by atoms with Crippen molar-refractivity contribution in [2.75, 3.05) is 23.7 Å². The van der Waals surface area contributed by atoms with Crippen molar-refractivity contribution in [2.24, 2.45) is 5.92 Å². The third kappa shape index (κ3) is 6.61. The van der Waals surface area contributed by atoms with Crippen LogP contribution < -0.4 is 10.6 Å². The largest absolute Gasteiger partial charge is 0.322 e. The standard InChI is InChI=1S/C30H31Cl2N5O2/c1-19(2)17-36(30(39)34-28-23(31)14-10-15-24(28)32)18-26(38)33-29-27(22-12-6-5-7-13-22)21(4)35-37(29)25-16-9-8-11-20(25)3/h5-16,19H,17-18H2,1-4H3,(H,33,38)(H,34,39). The summed E-state index contributed by atoms with van der Waals surface area (Å²) in [5.74, 6) is 0.296. The van der Waals surface area contributed by atoms with Gasteiger partial charge in [-0.3, -0.25) is 4.79 Å². The predicted octanol–water partition coefficient (Wildman–Crippen LogP) is 7.59. The summed E-state index contributed by atoms with van der Waals surface area (Å²) in [5.41, 5.74) is 4.67. The Morgan fingerprint density at radius 1 is 0.897 bits per heavy atom. The number of anilines is 2. The molecule has 0 unspecified atom stereocenters. The number of carbonyl (C=O) groups excluding carboxylic acids is 2. The average molecular weight is 565 g/mol. The Bertz CT molecular complexity index is 1460. The number of hydrogen-bond acceptors (Lipinski definition) is 3. The number of halogens is 2. The molecular weight excluding hydrogens is 533 g/mol. The molecule has 0 saturated carbocycles. The Kier molecular flexibility index (Phi) is 8.94. The molecule has 4 aromatic rings. The van der Waals surface area contributed by atoms with Crippen LogP contribution in [0.4, 0.5) is 16.3 Å². The van der Waals surface area contributed by atoms with Crippen LogP contribution in [0.5, 0.6) is 0 Å². The molecule has 0 bridgehead atoms. The van der Waals surface area contributed by atoms with Gasteiger partial charge in [-0.05, 0) is 49.1 Å². The quantitative estimate of drug-likeness (QED) is 0.231. The summed E-state index contributed by atoms with van der Waals surface area (Å²) in [7, 11) is 0. The maximum atomic E-state index is 13.5. The van der Waals surface area contributed by atoms with E-state index >= 15 is 0 Å². The molecule has 0 aliphatic rings. The molecule has 2 N–H and O–H groups in total. The molecule has 4 rings (SSSR count). The maximum Gasteiger partial charge on any atom is 0.322 e. The van der Waals surface area contributed by atoms with Gasteiger partial charge in [0.15, 0.2) is 0 Å². The highest BCUT2D eigenvalue weighted by molar-refractivity contribution is 6.39. The van der Waals surface area contributed by atoms with Crippen LogP contribution in [0, 0.1) is 19.8 Å². The van der Waals surface area contributed by atoms with Crippen molar-refractivity contribution in [3.63, 3.8) is 0 Å². The number of nitrogens with zero attached hydrogens (tertiary/aromatic N) is 3. The van der Waals surface area contributed by atoms with Crippen molar-refractivity contribution >= 4 is 46.6 Å². The van der Waals surface area contributed by atoms with E-state index in [1.165, 1.54) is 4.90 Å².